The minimum atomic E-state index is 0.546. The Morgan fingerprint density at radius 1 is 1.71 bits per heavy atom. The molecule has 0 bridgehead atoms. The predicted octanol–water partition coefficient (Wildman–Crippen LogP) is 1.84. The van der Waals surface area contributed by atoms with Gasteiger partial charge in [0.15, 0.2) is 0 Å². The number of hydrogen-bond donors (Lipinski definition) is 1. The molecule has 1 fully saturated rings. The van der Waals surface area contributed by atoms with Crippen LogP contribution < -0.4 is 5.32 Å². The Balaban J connectivity index is 2.04. The minimum Gasteiger partial charge on any atom is -0.315 e. The number of nitrogens with zero attached hydrogens (tertiary/aromatic N) is 2. The molecular formula is C10H16ClN3. The second-order valence-corrected chi connectivity index (χ2v) is 4.40. The van der Waals surface area contributed by atoms with Gasteiger partial charge in [0.2, 0.25) is 0 Å². The molecule has 2 rings (SSSR count). The van der Waals surface area contributed by atoms with E-state index in [0.717, 1.165) is 23.2 Å². The van der Waals surface area contributed by atoms with Gasteiger partial charge in [-0.05, 0) is 32.7 Å². The highest BCUT2D eigenvalue weighted by atomic mass is 35.5. The van der Waals surface area contributed by atoms with Crippen LogP contribution >= 0.6 is 11.6 Å². The van der Waals surface area contributed by atoms with E-state index in [0.29, 0.717) is 6.04 Å². The molecule has 1 N–H and O–H groups in total. The quantitative estimate of drug-likeness (QED) is 0.828. The molecule has 3 nitrogen and oxygen atoms in total. The first-order valence-corrected chi connectivity index (χ1v) is 5.45. The van der Waals surface area contributed by atoms with E-state index < -0.39 is 0 Å². The molecule has 1 heterocycles. The van der Waals surface area contributed by atoms with Crippen LogP contribution in [-0.2, 0) is 6.54 Å². The van der Waals surface area contributed by atoms with Gasteiger partial charge in [-0.3, -0.25) is 4.68 Å². The van der Waals surface area contributed by atoms with Crippen LogP contribution in [0.5, 0.6) is 0 Å². The number of likely N-dealkylation sites (N-methyl/N-ethyl adjacent to an activating group) is 1. The van der Waals surface area contributed by atoms with E-state index in [1.54, 1.807) is 6.20 Å². The molecule has 1 atom stereocenters. The lowest BCUT2D eigenvalue weighted by Gasteiger charge is -2.16. The summed E-state index contributed by atoms with van der Waals surface area (Å²) in [7, 11) is 2.02. The first-order chi connectivity index (χ1) is 6.72. The van der Waals surface area contributed by atoms with Gasteiger partial charge in [0, 0.05) is 6.04 Å². The van der Waals surface area contributed by atoms with E-state index in [2.05, 4.69) is 10.4 Å². The van der Waals surface area contributed by atoms with Crippen LogP contribution in [-0.4, -0.2) is 22.9 Å². The van der Waals surface area contributed by atoms with Crippen molar-refractivity contribution in [2.24, 2.45) is 5.92 Å². The molecule has 78 valence electrons. The summed E-state index contributed by atoms with van der Waals surface area (Å²) in [6.07, 6.45) is 4.41. The fourth-order valence-corrected chi connectivity index (χ4v) is 1.91. The number of nitrogens with one attached hydrogen (secondary N) is 1. The first-order valence-electron chi connectivity index (χ1n) is 5.07. The Morgan fingerprint density at radius 3 is 2.86 bits per heavy atom. The zero-order valence-electron chi connectivity index (χ0n) is 8.63. The molecule has 4 heteroatoms. The summed E-state index contributed by atoms with van der Waals surface area (Å²) < 4.78 is 1.99. The summed E-state index contributed by atoms with van der Waals surface area (Å²) >= 11 is 5.95. The largest absolute Gasteiger partial charge is 0.315 e. The van der Waals surface area contributed by atoms with Crippen LogP contribution in [0.25, 0.3) is 0 Å². The van der Waals surface area contributed by atoms with Gasteiger partial charge >= 0.3 is 0 Å². The zero-order chi connectivity index (χ0) is 10.1. The van der Waals surface area contributed by atoms with Crippen molar-refractivity contribution in [3.63, 3.8) is 0 Å². The van der Waals surface area contributed by atoms with Crippen molar-refractivity contribution in [1.82, 2.24) is 15.1 Å². The third-order valence-corrected chi connectivity index (χ3v) is 3.35. The molecule has 1 aliphatic carbocycles. The number of halogens is 1. The first kappa shape index (κ1) is 9.99. The van der Waals surface area contributed by atoms with Crippen molar-refractivity contribution in [3.05, 3.63) is 16.9 Å². The molecule has 0 radical (unpaired) electrons. The molecule has 0 aromatic carbocycles. The second kappa shape index (κ2) is 3.91. The maximum atomic E-state index is 5.95. The Morgan fingerprint density at radius 2 is 2.43 bits per heavy atom. The van der Waals surface area contributed by atoms with Crippen LogP contribution in [0.15, 0.2) is 6.20 Å². The van der Waals surface area contributed by atoms with Gasteiger partial charge in [-0.15, -0.1) is 0 Å². The second-order valence-electron chi connectivity index (χ2n) is 3.99. The van der Waals surface area contributed by atoms with Gasteiger partial charge < -0.3 is 5.32 Å². The fourth-order valence-electron chi connectivity index (χ4n) is 1.77. The van der Waals surface area contributed by atoms with E-state index in [4.69, 9.17) is 11.6 Å². The molecule has 1 aromatic heterocycles. The predicted molar refractivity (Wildman–Crippen MR) is 57.5 cm³/mol. The number of rotatable bonds is 4. The van der Waals surface area contributed by atoms with Crippen LogP contribution in [0.4, 0.5) is 0 Å². The summed E-state index contributed by atoms with van der Waals surface area (Å²) in [6, 6.07) is 0.546. The van der Waals surface area contributed by atoms with E-state index in [1.165, 1.54) is 12.8 Å². The lowest BCUT2D eigenvalue weighted by atomic mass is 10.2. The number of hydrogen-bond acceptors (Lipinski definition) is 2. The summed E-state index contributed by atoms with van der Waals surface area (Å²) in [6.45, 7) is 2.94. The van der Waals surface area contributed by atoms with Crippen molar-refractivity contribution < 1.29 is 0 Å². The fraction of sp³-hybridized carbons (Fsp3) is 0.700. The Hall–Kier alpha value is -0.540. The Labute approximate surface area is 89.4 Å². The molecule has 1 aromatic rings. The van der Waals surface area contributed by atoms with Crippen LogP contribution in [0.2, 0.25) is 5.02 Å². The summed E-state index contributed by atoms with van der Waals surface area (Å²) in [5.41, 5.74) is 1.06. The standard InChI is InChI=1S/C10H16ClN3/c1-7-9(11)5-13-14(7)6-10(12-2)8-3-4-8/h5,8,10,12H,3-4,6H2,1-2H3. The molecule has 1 saturated carbocycles. The molecule has 0 amide bonds. The average Bonchev–Trinajstić information content (AvgIpc) is 2.96. The smallest absolute Gasteiger partial charge is 0.0814 e. The normalized spacial score (nSPS) is 18.5. The molecule has 1 aliphatic rings. The SMILES string of the molecule is CNC(Cn1ncc(Cl)c1C)C1CC1. The van der Waals surface area contributed by atoms with Crippen molar-refractivity contribution in [2.45, 2.75) is 32.4 Å². The highest BCUT2D eigenvalue weighted by Gasteiger charge is 2.30. The molecule has 0 aliphatic heterocycles. The topological polar surface area (TPSA) is 29.9 Å². The van der Waals surface area contributed by atoms with Crippen molar-refractivity contribution in [2.75, 3.05) is 7.05 Å². The zero-order valence-corrected chi connectivity index (χ0v) is 9.38. The molecule has 0 spiro atoms. The van der Waals surface area contributed by atoms with Gasteiger partial charge in [-0.2, -0.15) is 5.10 Å². The van der Waals surface area contributed by atoms with Crippen molar-refractivity contribution in [1.29, 1.82) is 0 Å². The van der Waals surface area contributed by atoms with Gasteiger partial charge in [-0.1, -0.05) is 11.6 Å². The molecule has 14 heavy (non-hydrogen) atoms. The lowest BCUT2D eigenvalue weighted by molar-refractivity contribution is 0.409. The van der Waals surface area contributed by atoms with E-state index >= 15 is 0 Å². The number of aromatic nitrogens is 2. The average molecular weight is 214 g/mol. The van der Waals surface area contributed by atoms with Gasteiger partial charge in [0.05, 0.1) is 23.5 Å². The summed E-state index contributed by atoms with van der Waals surface area (Å²) in [4.78, 5) is 0. The maximum Gasteiger partial charge on any atom is 0.0814 e. The van der Waals surface area contributed by atoms with Crippen LogP contribution in [0, 0.1) is 12.8 Å². The van der Waals surface area contributed by atoms with E-state index in [1.807, 2.05) is 18.7 Å². The third kappa shape index (κ3) is 1.93. The van der Waals surface area contributed by atoms with E-state index in [-0.39, 0.29) is 0 Å². The highest BCUT2D eigenvalue weighted by Crippen LogP contribution is 2.33. The highest BCUT2D eigenvalue weighted by molar-refractivity contribution is 6.31. The van der Waals surface area contributed by atoms with Crippen LogP contribution in [0.3, 0.4) is 0 Å². The van der Waals surface area contributed by atoms with Gasteiger partial charge in [0.1, 0.15) is 0 Å². The van der Waals surface area contributed by atoms with Gasteiger partial charge in [-0.25, -0.2) is 0 Å². The monoisotopic (exact) mass is 213 g/mol. The van der Waals surface area contributed by atoms with E-state index in [9.17, 15) is 0 Å². The van der Waals surface area contributed by atoms with Gasteiger partial charge in [0.25, 0.3) is 0 Å². The summed E-state index contributed by atoms with van der Waals surface area (Å²) in [5.74, 6) is 0.836. The molecule has 0 saturated heterocycles. The van der Waals surface area contributed by atoms with Crippen molar-refractivity contribution >= 4 is 11.6 Å². The Bertz CT molecular complexity index is 317. The molecular weight excluding hydrogens is 198 g/mol. The Kier molecular flexibility index (Phi) is 2.79. The van der Waals surface area contributed by atoms with Crippen molar-refractivity contribution in [3.8, 4) is 0 Å². The maximum absolute atomic E-state index is 5.95. The minimum absolute atomic E-state index is 0.546. The lowest BCUT2D eigenvalue weighted by Crippen LogP contribution is -2.32. The molecule has 1 unspecified atom stereocenters. The van der Waals surface area contributed by atoms with Crippen LogP contribution in [0.1, 0.15) is 18.5 Å². The summed E-state index contributed by atoms with van der Waals surface area (Å²) in [5, 5.41) is 8.36. The third-order valence-electron chi connectivity index (χ3n) is 2.97.